The molecule has 0 aromatic rings. The molecule has 0 aromatic carbocycles. The predicted octanol–water partition coefficient (Wildman–Crippen LogP) is 5.45. The molecule has 3 atom stereocenters. The molecular weight excluding hydrogens is 1360 g/mol. The molecule has 0 amide bonds. The van der Waals surface area contributed by atoms with Crippen molar-refractivity contribution >= 4 is 84.4 Å². The summed E-state index contributed by atoms with van der Waals surface area (Å²) in [5.41, 5.74) is 0. The molecular formula is C15H38P6W3Y5. The summed E-state index contributed by atoms with van der Waals surface area (Å²) in [7, 11) is 1.53. The van der Waals surface area contributed by atoms with Gasteiger partial charge >= 0.3 is 0 Å². The molecule has 0 nitrogen and oxygen atoms in total. The molecule has 3 unspecified atom stereocenters. The first kappa shape index (κ1) is 71.4. The molecule has 0 aliphatic rings. The van der Waals surface area contributed by atoms with E-state index in [1.54, 1.807) is 0 Å². The van der Waals surface area contributed by atoms with Gasteiger partial charge in [0.15, 0.2) is 0 Å². The monoisotopic (exact) mass is 1400 g/mol. The molecule has 0 saturated carbocycles. The van der Waals surface area contributed by atoms with Gasteiger partial charge < -0.3 is 0 Å². The standard InChI is InChI=1S/C7H19P3.C5H12P2.C3H7P.3W.5Y/c1-8(2)6-10(5)7-9(3)4;1-4-7(3)5-6-2;1-3-4-2;;;;;;;;/h8-10H,1,3,5-7H2,2,4H3;7H,2-5H2,1H3;2-3H2,1H3;;;;;;;;. The smallest absolute Gasteiger partial charge is 0.00595 e. The molecule has 29 heavy (non-hydrogen) atoms. The van der Waals surface area contributed by atoms with E-state index in [1.807, 2.05) is 0 Å². The average Bonchev–Trinajstić information content (AvgIpc) is 2.38. The van der Waals surface area contributed by atoms with E-state index in [1.165, 1.54) is 46.4 Å². The summed E-state index contributed by atoms with van der Waals surface area (Å²) >= 11 is 0. The maximum Gasteiger partial charge on any atom is 0.00595 e. The van der Waals surface area contributed by atoms with Crippen molar-refractivity contribution in [3.8, 4) is 0 Å². The second-order valence-electron chi connectivity index (χ2n) is 5.04. The number of rotatable bonds is 8. The fourth-order valence-electron chi connectivity index (χ4n) is 1.19. The van der Waals surface area contributed by atoms with E-state index in [9.17, 15) is 0 Å². The van der Waals surface area contributed by atoms with Gasteiger partial charge in [-0.15, -0.1) is 71.8 Å². The van der Waals surface area contributed by atoms with E-state index < -0.39 is 0 Å². The van der Waals surface area contributed by atoms with Gasteiger partial charge in [-0.25, -0.2) is 0 Å². The Bertz CT molecular complexity index is 371. The molecule has 0 heterocycles. The van der Waals surface area contributed by atoms with Gasteiger partial charge in [0.1, 0.15) is 0 Å². The molecule has 0 aromatic heterocycles. The van der Waals surface area contributed by atoms with Crippen molar-refractivity contribution < 1.29 is 227 Å². The summed E-state index contributed by atoms with van der Waals surface area (Å²) in [4.78, 5) is 0. The van der Waals surface area contributed by atoms with Crippen molar-refractivity contribution in [3.05, 3.63) is 0 Å². The predicted molar refractivity (Wildman–Crippen MR) is 137 cm³/mol. The van der Waals surface area contributed by atoms with Crippen molar-refractivity contribution in [1.29, 1.82) is 0 Å². The third-order valence-electron chi connectivity index (χ3n) is 2.16. The van der Waals surface area contributed by atoms with Crippen LogP contribution in [-0.4, -0.2) is 81.2 Å². The van der Waals surface area contributed by atoms with Crippen LogP contribution in [-0.2, 0) is 227 Å². The normalized spacial score (nSPS) is 11.4. The molecule has 0 fully saturated rings. The largest absolute Gasteiger partial charge is 0.124 e. The molecule has 0 saturated heterocycles. The third-order valence-corrected chi connectivity index (χ3v) is 15.1. The van der Waals surface area contributed by atoms with Gasteiger partial charge in [-0.2, -0.15) is 0 Å². The van der Waals surface area contributed by atoms with Crippen molar-refractivity contribution in [2.45, 2.75) is 13.8 Å². The summed E-state index contributed by atoms with van der Waals surface area (Å²) in [5, 5.41) is 0. The van der Waals surface area contributed by atoms with E-state index in [2.05, 4.69) is 65.0 Å². The Hall–Kier alpha value is 9.12. The van der Waals surface area contributed by atoms with E-state index in [0.717, 1.165) is 0 Å². The van der Waals surface area contributed by atoms with Gasteiger partial charge in [0.25, 0.3) is 0 Å². The van der Waals surface area contributed by atoms with Gasteiger partial charge in [-0.1, -0.05) is 26.4 Å². The van der Waals surface area contributed by atoms with Gasteiger partial charge in [0, 0.05) is 233 Å². The van der Waals surface area contributed by atoms with Crippen LogP contribution in [0.15, 0.2) is 0 Å². The minimum absolute atomic E-state index is 0. The molecule has 0 aliphatic carbocycles. The number of hydrogen-bond acceptors (Lipinski definition) is 0. The Morgan fingerprint density at radius 3 is 1.00 bits per heavy atom. The van der Waals surface area contributed by atoms with Crippen molar-refractivity contribution in [3.63, 3.8) is 0 Å². The molecule has 14 heteroatoms. The first-order valence-electron chi connectivity index (χ1n) is 7.21. The molecule has 0 N–H and O–H groups in total. The zero-order valence-corrected chi connectivity index (χ0v) is 47.6. The summed E-state index contributed by atoms with van der Waals surface area (Å²) in [6, 6.07) is 0. The van der Waals surface area contributed by atoms with Crippen molar-refractivity contribution in [2.24, 2.45) is 0 Å². The van der Waals surface area contributed by atoms with E-state index in [-0.39, 0.29) is 257 Å². The van der Waals surface area contributed by atoms with E-state index >= 15 is 0 Å². The zero-order chi connectivity index (χ0) is 17.3. The molecule has 0 spiro atoms. The summed E-state index contributed by atoms with van der Waals surface area (Å²) in [6.07, 6.45) is 26.1. The fourth-order valence-corrected chi connectivity index (χ4v) is 11.8. The Balaban J connectivity index is -0.0000000173. The Morgan fingerprint density at radius 2 is 0.897 bits per heavy atom. The van der Waals surface area contributed by atoms with Gasteiger partial charge in [0.05, 0.1) is 0 Å². The minimum atomic E-state index is -0.273. The van der Waals surface area contributed by atoms with Crippen LogP contribution in [0.25, 0.3) is 0 Å². The molecule has 161 valence electrons. The first-order chi connectivity index (χ1) is 9.74. The average molecular weight is 1400 g/mol. The van der Waals surface area contributed by atoms with Crippen molar-refractivity contribution in [2.75, 3.05) is 43.4 Å². The van der Waals surface area contributed by atoms with Gasteiger partial charge in [-0.3, -0.25) is 0 Å². The van der Waals surface area contributed by atoms with Crippen LogP contribution in [0.3, 0.4) is 0 Å². The van der Waals surface area contributed by atoms with Crippen molar-refractivity contribution in [1.82, 2.24) is 0 Å². The molecule has 0 aliphatic heterocycles. The van der Waals surface area contributed by atoms with Crippen LogP contribution in [0.1, 0.15) is 13.8 Å². The van der Waals surface area contributed by atoms with Crippen LogP contribution in [0.5, 0.6) is 0 Å². The van der Waals surface area contributed by atoms with E-state index in [0.29, 0.717) is 0 Å². The Labute approximate surface area is 359 Å². The quantitative estimate of drug-likeness (QED) is 0.284. The van der Waals surface area contributed by atoms with Gasteiger partial charge in [-0.05, 0) is 37.5 Å². The van der Waals surface area contributed by atoms with Crippen LogP contribution in [0.4, 0.5) is 0 Å². The molecule has 0 rings (SSSR count). The number of hydrogen-bond donors (Lipinski definition) is 0. The maximum atomic E-state index is 4.19. The summed E-state index contributed by atoms with van der Waals surface area (Å²) in [6.45, 7) is 8.85. The molecule has 0 bridgehead atoms. The Kier molecular flexibility index (Phi) is 151. The van der Waals surface area contributed by atoms with Gasteiger partial charge in [0.2, 0.25) is 0 Å². The first-order valence-corrected chi connectivity index (χ1v) is 18.8. The third kappa shape index (κ3) is 85.7. The SMILES string of the molecule is C=PCC.C=PC[PH](=C)CC.C=[PH](C)C[PH](=C)C[PH](=C)C.[W].[W].[W].[Y].[Y].[Y].[Y].[Y]. The van der Waals surface area contributed by atoms with Crippen LogP contribution < -0.4 is 0 Å². The minimum Gasteiger partial charge on any atom is -0.124 e. The Morgan fingerprint density at radius 1 is 0.621 bits per heavy atom. The van der Waals surface area contributed by atoms with Crippen LogP contribution in [0, 0.1) is 0 Å². The fraction of sp³-hybridized carbons (Fsp3) is 0.600. The second kappa shape index (κ2) is 61.2. The summed E-state index contributed by atoms with van der Waals surface area (Å²) < 4.78 is 0. The van der Waals surface area contributed by atoms with Crippen LogP contribution >= 0.6 is 46.6 Å². The van der Waals surface area contributed by atoms with E-state index in [4.69, 9.17) is 0 Å². The second-order valence-corrected chi connectivity index (χ2v) is 18.2. The molecule has 5 radical (unpaired) electrons. The summed E-state index contributed by atoms with van der Waals surface area (Å²) in [5.74, 6) is 3.96. The zero-order valence-electron chi connectivity index (χ0n) is 18.8. The van der Waals surface area contributed by atoms with Crippen LogP contribution in [0.2, 0.25) is 0 Å². The maximum absolute atomic E-state index is 4.19. The topological polar surface area (TPSA) is 0 Å².